The van der Waals surface area contributed by atoms with Crippen LogP contribution in [0, 0.1) is 11.3 Å². The number of fused-ring (bicyclic) bond motifs is 1. The summed E-state index contributed by atoms with van der Waals surface area (Å²) in [6.07, 6.45) is 2.79. The third-order valence-corrected chi connectivity index (χ3v) is 5.55. The van der Waals surface area contributed by atoms with E-state index in [-0.39, 0.29) is 17.7 Å². The monoisotopic (exact) mass is 424 g/mol. The Bertz CT molecular complexity index is 982. The number of phenols is 1. The molecule has 2 aromatic carbocycles. The molecule has 4 rings (SSSR count). The van der Waals surface area contributed by atoms with Gasteiger partial charge in [0.1, 0.15) is 17.5 Å². The zero-order chi connectivity index (χ0) is 19.0. The molecule has 1 amide bonds. The number of aliphatic imine (C=N–C) groups is 1. The van der Waals surface area contributed by atoms with E-state index in [0.29, 0.717) is 17.2 Å². The molecule has 2 aromatic rings. The van der Waals surface area contributed by atoms with Crippen molar-refractivity contribution in [3.8, 4) is 11.8 Å². The second-order valence-corrected chi connectivity index (χ2v) is 7.41. The SMILES string of the molecule is N#Cc1ccc(/N=C2/N(c3ccccc3Br)C(=O)C3CCCCN23)c(O)c1. The van der Waals surface area contributed by atoms with E-state index in [4.69, 9.17) is 5.26 Å². The number of guanidine groups is 1. The number of aromatic hydroxyl groups is 1. The van der Waals surface area contributed by atoms with E-state index in [1.807, 2.05) is 35.2 Å². The van der Waals surface area contributed by atoms with Gasteiger partial charge in [0.15, 0.2) is 0 Å². The molecule has 7 heteroatoms. The first-order valence-corrected chi connectivity index (χ1v) is 9.56. The number of amides is 1. The largest absolute Gasteiger partial charge is 0.506 e. The first-order chi connectivity index (χ1) is 13.1. The van der Waals surface area contributed by atoms with Crippen LogP contribution in [-0.2, 0) is 4.79 Å². The fourth-order valence-corrected chi connectivity index (χ4v) is 4.03. The third-order valence-electron chi connectivity index (χ3n) is 4.88. The summed E-state index contributed by atoms with van der Waals surface area (Å²) < 4.78 is 0.801. The number of anilines is 1. The van der Waals surface area contributed by atoms with E-state index >= 15 is 0 Å². The molecule has 1 atom stereocenters. The highest BCUT2D eigenvalue weighted by molar-refractivity contribution is 9.10. The fourth-order valence-electron chi connectivity index (χ4n) is 3.57. The molecule has 0 aromatic heterocycles. The molecule has 0 bridgehead atoms. The maximum Gasteiger partial charge on any atom is 0.256 e. The number of carbonyl (C=O) groups is 1. The molecule has 2 saturated heterocycles. The highest BCUT2D eigenvalue weighted by Gasteiger charge is 2.45. The van der Waals surface area contributed by atoms with Crippen LogP contribution < -0.4 is 4.90 Å². The van der Waals surface area contributed by atoms with Crippen LogP contribution in [0.4, 0.5) is 11.4 Å². The molecule has 2 aliphatic heterocycles. The molecule has 1 N–H and O–H groups in total. The Labute approximate surface area is 165 Å². The van der Waals surface area contributed by atoms with Crippen LogP contribution in [-0.4, -0.2) is 34.5 Å². The fraction of sp³-hybridized carbons (Fsp3) is 0.250. The first-order valence-electron chi connectivity index (χ1n) is 8.77. The Morgan fingerprint density at radius 2 is 2.04 bits per heavy atom. The van der Waals surface area contributed by atoms with E-state index in [0.717, 1.165) is 36.0 Å². The van der Waals surface area contributed by atoms with Crippen molar-refractivity contribution in [1.29, 1.82) is 5.26 Å². The number of piperidine rings is 1. The molecule has 2 aliphatic rings. The summed E-state index contributed by atoms with van der Waals surface area (Å²) in [4.78, 5) is 21.4. The van der Waals surface area contributed by atoms with Crippen LogP contribution in [0.5, 0.6) is 5.75 Å². The number of hydrogen-bond donors (Lipinski definition) is 1. The standard InChI is InChI=1S/C20H17BrN4O2/c21-14-5-1-2-6-16(14)25-19(27)17-7-3-4-10-24(17)20(25)23-15-9-8-13(12-22)11-18(15)26/h1-2,5-6,8-9,11,17,26H,3-4,7,10H2/b23-20+. The summed E-state index contributed by atoms with van der Waals surface area (Å²) in [5, 5.41) is 19.3. The Hall–Kier alpha value is -2.85. The number of phenolic OH excluding ortho intramolecular Hbond substituents is 1. The van der Waals surface area contributed by atoms with Gasteiger partial charge in [-0.2, -0.15) is 5.26 Å². The average Bonchev–Trinajstić information content (AvgIpc) is 2.96. The second kappa shape index (κ2) is 7.05. The van der Waals surface area contributed by atoms with Crippen LogP contribution in [0.25, 0.3) is 0 Å². The lowest BCUT2D eigenvalue weighted by molar-refractivity contribution is -0.120. The molecule has 0 radical (unpaired) electrons. The van der Waals surface area contributed by atoms with Crippen molar-refractivity contribution in [1.82, 2.24) is 4.90 Å². The zero-order valence-electron chi connectivity index (χ0n) is 14.5. The van der Waals surface area contributed by atoms with Gasteiger partial charge < -0.3 is 10.0 Å². The number of carbonyl (C=O) groups excluding carboxylic acids is 1. The van der Waals surface area contributed by atoms with Crippen LogP contribution in [0.1, 0.15) is 24.8 Å². The summed E-state index contributed by atoms with van der Waals surface area (Å²) in [6, 6.07) is 13.9. The van der Waals surface area contributed by atoms with E-state index in [9.17, 15) is 9.90 Å². The number of halogens is 1. The maximum absolute atomic E-state index is 13.2. The van der Waals surface area contributed by atoms with Gasteiger partial charge in [0.25, 0.3) is 5.91 Å². The van der Waals surface area contributed by atoms with E-state index in [1.54, 1.807) is 17.0 Å². The number of rotatable bonds is 2. The molecule has 2 fully saturated rings. The highest BCUT2D eigenvalue weighted by atomic mass is 79.9. The van der Waals surface area contributed by atoms with E-state index in [2.05, 4.69) is 20.9 Å². The highest BCUT2D eigenvalue weighted by Crippen LogP contribution is 2.37. The minimum atomic E-state index is -0.231. The molecule has 2 heterocycles. The second-order valence-electron chi connectivity index (χ2n) is 6.56. The minimum absolute atomic E-state index is 0.00603. The predicted molar refractivity (Wildman–Crippen MR) is 106 cm³/mol. The molecule has 27 heavy (non-hydrogen) atoms. The summed E-state index contributed by atoms with van der Waals surface area (Å²) in [6.45, 7) is 0.743. The van der Waals surface area contributed by atoms with Gasteiger partial charge in [-0.05, 0) is 65.5 Å². The lowest BCUT2D eigenvalue weighted by Crippen LogP contribution is -2.39. The number of nitrogens with zero attached hydrogens (tertiary/aromatic N) is 4. The van der Waals surface area contributed by atoms with Crippen molar-refractivity contribution >= 4 is 39.2 Å². The Morgan fingerprint density at radius 3 is 2.78 bits per heavy atom. The quantitative estimate of drug-likeness (QED) is 0.791. The van der Waals surface area contributed by atoms with E-state index in [1.165, 1.54) is 6.07 Å². The number of benzene rings is 2. The minimum Gasteiger partial charge on any atom is -0.506 e. The van der Waals surface area contributed by atoms with Crippen molar-refractivity contribution in [3.05, 3.63) is 52.5 Å². The van der Waals surface area contributed by atoms with Crippen molar-refractivity contribution in [2.45, 2.75) is 25.3 Å². The predicted octanol–water partition coefficient (Wildman–Crippen LogP) is 3.92. The van der Waals surface area contributed by atoms with Crippen LogP contribution in [0.3, 0.4) is 0 Å². The normalized spacial score (nSPS) is 20.7. The number of hydrogen-bond acceptors (Lipinski definition) is 4. The molecule has 0 saturated carbocycles. The van der Waals surface area contributed by atoms with Crippen molar-refractivity contribution in [3.63, 3.8) is 0 Å². The van der Waals surface area contributed by atoms with Gasteiger partial charge >= 0.3 is 0 Å². The topological polar surface area (TPSA) is 79.9 Å². The number of para-hydroxylation sites is 1. The molecular weight excluding hydrogens is 408 g/mol. The Morgan fingerprint density at radius 1 is 1.22 bits per heavy atom. The zero-order valence-corrected chi connectivity index (χ0v) is 16.1. The van der Waals surface area contributed by atoms with Gasteiger partial charge in [-0.3, -0.25) is 4.79 Å². The summed E-state index contributed by atoms with van der Waals surface area (Å²) in [5.74, 6) is 0.423. The first kappa shape index (κ1) is 17.6. The van der Waals surface area contributed by atoms with Gasteiger partial charge in [0.05, 0.1) is 17.3 Å². The van der Waals surface area contributed by atoms with Gasteiger partial charge in [0.2, 0.25) is 5.96 Å². The summed E-state index contributed by atoms with van der Waals surface area (Å²) >= 11 is 3.53. The van der Waals surface area contributed by atoms with Crippen LogP contribution in [0.15, 0.2) is 51.9 Å². The number of nitriles is 1. The summed E-state index contributed by atoms with van der Waals surface area (Å²) in [5.41, 5.74) is 1.42. The molecule has 0 aliphatic carbocycles. The van der Waals surface area contributed by atoms with Crippen molar-refractivity contribution in [2.75, 3.05) is 11.4 Å². The Kier molecular flexibility index (Phi) is 4.58. The van der Waals surface area contributed by atoms with Crippen LogP contribution >= 0.6 is 15.9 Å². The smallest absolute Gasteiger partial charge is 0.256 e. The molecule has 1 unspecified atom stereocenters. The molecule has 6 nitrogen and oxygen atoms in total. The lowest BCUT2D eigenvalue weighted by Gasteiger charge is -2.28. The van der Waals surface area contributed by atoms with Crippen molar-refractivity contribution in [2.24, 2.45) is 4.99 Å². The summed E-state index contributed by atoms with van der Waals surface area (Å²) in [7, 11) is 0. The van der Waals surface area contributed by atoms with Crippen LogP contribution in [0.2, 0.25) is 0 Å². The lowest BCUT2D eigenvalue weighted by atomic mass is 10.0. The van der Waals surface area contributed by atoms with Gasteiger partial charge in [-0.15, -0.1) is 0 Å². The third kappa shape index (κ3) is 3.06. The van der Waals surface area contributed by atoms with E-state index < -0.39 is 0 Å². The average molecular weight is 425 g/mol. The van der Waals surface area contributed by atoms with Gasteiger partial charge in [-0.1, -0.05) is 12.1 Å². The molecule has 0 spiro atoms. The molecular formula is C20H17BrN4O2. The van der Waals surface area contributed by atoms with Gasteiger partial charge in [-0.25, -0.2) is 9.89 Å². The maximum atomic E-state index is 13.2. The Balaban J connectivity index is 1.85. The molecule has 136 valence electrons. The van der Waals surface area contributed by atoms with Gasteiger partial charge in [0, 0.05) is 11.0 Å². The van der Waals surface area contributed by atoms with Crippen molar-refractivity contribution < 1.29 is 9.90 Å².